The Labute approximate surface area is 72.9 Å². The summed E-state index contributed by atoms with van der Waals surface area (Å²) < 4.78 is 0. The fourth-order valence-electron chi connectivity index (χ4n) is 2.91. The van der Waals surface area contributed by atoms with Gasteiger partial charge in [-0.2, -0.15) is 0 Å². The Kier molecular flexibility index (Phi) is 1.65. The summed E-state index contributed by atoms with van der Waals surface area (Å²) in [5, 5.41) is 0. The molecule has 2 fully saturated rings. The number of amides is 1. The van der Waals surface area contributed by atoms with Crippen LogP contribution in [0.2, 0.25) is 0 Å². The van der Waals surface area contributed by atoms with Gasteiger partial charge in [0.1, 0.15) is 0 Å². The topological polar surface area (TPSA) is 46.3 Å². The molecule has 1 aliphatic heterocycles. The Balaban J connectivity index is 1.74. The highest BCUT2D eigenvalue weighted by Crippen LogP contribution is 2.51. The van der Waals surface area contributed by atoms with E-state index in [1.54, 1.807) is 0 Å². The van der Waals surface area contributed by atoms with E-state index in [0.29, 0.717) is 12.0 Å². The maximum atomic E-state index is 10.6. The van der Waals surface area contributed by atoms with Crippen LogP contribution in [0, 0.1) is 11.3 Å². The van der Waals surface area contributed by atoms with E-state index in [-0.39, 0.29) is 5.91 Å². The molecule has 2 N–H and O–H groups in total. The lowest BCUT2D eigenvalue weighted by molar-refractivity contribution is -0.128. The van der Waals surface area contributed by atoms with E-state index in [1.807, 2.05) is 0 Å². The summed E-state index contributed by atoms with van der Waals surface area (Å²) in [7, 11) is 0. The van der Waals surface area contributed by atoms with Crippen LogP contribution in [0.15, 0.2) is 0 Å². The lowest BCUT2D eigenvalue weighted by Crippen LogP contribution is -2.63. The number of hydrogen-bond acceptors (Lipinski definition) is 2. The van der Waals surface area contributed by atoms with Gasteiger partial charge in [0.15, 0.2) is 0 Å². The van der Waals surface area contributed by atoms with Crippen LogP contribution >= 0.6 is 0 Å². The zero-order valence-corrected chi connectivity index (χ0v) is 7.55. The van der Waals surface area contributed by atoms with E-state index >= 15 is 0 Å². The van der Waals surface area contributed by atoms with Gasteiger partial charge in [0, 0.05) is 13.1 Å². The fourth-order valence-corrected chi connectivity index (χ4v) is 2.91. The van der Waals surface area contributed by atoms with E-state index in [9.17, 15) is 4.79 Å². The van der Waals surface area contributed by atoms with E-state index in [4.69, 9.17) is 5.73 Å². The average molecular weight is 168 g/mol. The van der Waals surface area contributed by atoms with Gasteiger partial charge in [0.25, 0.3) is 0 Å². The molecule has 2 rings (SSSR count). The van der Waals surface area contributed by atoms with E-state index in [0.717, 1.165) is 19.0 Å². The second-order valence-corrected chi connectivity index (χ2v) is 4.62. The van der Waals surface area contributed by atoms with Gasteiger partial charge in [0.05, 0.1) is 6.54 Å². The van der Waals surface area contributed by atoms with Gasteiger partial charge in [-0.3, -0.25) is 9.69 Å². The third-order valence-corrected chi connectivity index (χ3v) is 3.06. The molecular formula is C9H16N2O. The molecule has 0 radical (unpaired) electrons. The van der Waals surface area contributed by atoms with E-state index in [2.05, 4.69) is 11.8 Å². The number of nitrogens with two attached hydrogens (primary N) is 1. The molecule has 0 bridgehead atoms. The number of carbonyl (C=O) groups is 1. The van der Waals surface area contributed by atoms with Gasteiger partial charge in [-0.1, -0.05) is 6.92 Å². The molecule has 1 aliphatic carbocycles. The molecule has 0 aromatic carbocycles. The molecule has 12 heavy (non-hydrogen) atoms. The Morgan fingerprint density at radius 1 is 1.58 bits per heavy atom. The summed E-state index contributed by atoms with van der Waals surface area (Å²) in [4.78, 5) is 12.7. The lowest BCUT2D eigenvalue weighted by Gasteiger charge is -2.58. The smallest absolute Gasteiger partial charge is 0.231 e. The van der Waals surface area contributed by atoms with Crippen LogP contribution in [0.5, 0.6) is 0 Å². The zero-order chi connectivity index (χ0) is 8.77. The van der Waals surface area contributed by atoms with Crippen molar-refractivity contribution in [2.45, 2.75) is 19.8 Å². The summed E-state index contributed by atoms with van der Waals surface area (Å²) >= 11 is 0. The molecule has 0 atom stereocenters. The number of primary amides is 1. The van der Waals surface area contributed by atoms with Crippen LogP contribution < -0.4 is 5.73 Å². The predicted octanol–water partition coefficient (Wildman–Crippen LogP) is 0.204. The number of rotatable bonds is 2. The Morgan fingerprint density at radius 2 is 2.17 bits per heavy atom. The first-order valence-corrected chi connectivity index (χ1v) is 4.60. The molecule has 2 aliphatic rings. The van der Waals surface area contributed by atoms with Crippen molar-refractivity contribution in [3.05, 3.63) is 0 Å². The standard InChI is InChI=1S/C9H16N2O/c1-7-2-9(3-7)5-11(6-9)4-8(10)12/h7H,2-6H2,1H3,(H2,10,12). The molecule has 1 saturated heterocycles. The first-order chi connectivity index (χ1) is 5.60. The monoisotopic (exact) mass is 168 g/mol. The highest BCUT2D eigenvalue weighted by molar-refractivity contribution is 5.76. The van der Waals surface area contributed by atoms with Crippen molar-refractivity contribution in [3.63, 3.8) is 0 Å². The normalized spacial score (nSPS) is 28.1. The maximum absolute atomic E-state index is 10.6. The van der Waals surface area contributed by atoms with Gasteiger partial charge >= 0.3 is 0 Å². The molecule has 3 heteroatoms. The SMILES string of the molecule is CC1CC2(C1)CN(CC(N)=O)C2. The Bertz CT molecular complexity index is 201. The fraction of sp³-hybridized carbons (Fsp3) is 0.889. The van der Waals surface area contributed by atoms with Gasteiger partial charge < -0.3 is 5.73 Å². The first kappa shape index (κ1) is 8.05. The largest absolute Gasteiger partial charge is 0.369 e. The second kappa shape index (κ2) is 2.46. The van der Waals surface area contributed by atoms with Crippen LogP contribution in [-0.4, -0.2) is 30.4 Å². The summed E-state index contributed by atoms with van der Waals surface area (Å²) in [5.41, 5.74) is 5.69. The molecular weight excluding hydrogens is 152 g/mol. The van der Waals surface area contributed by atoms with Gasteiger partial charge in [-0.05, 0) is 24.2 Å². The van der Waals surface area contributed by atoms with Crippen molar-refractivity contribution in [1.82, 2.24) is 4.90 Å². The van der Waals surface area contributed by atoms with E-state index in [1.165, 1.54) is 12.8 Å². The van der Waals surface area contributed by atoms with Crippen molar-refractivity contribution in [2.75, 3.05) is 19.6 Å². The molecule has 3 nitrogen and oxygen atoms in total. The highest BCUT2D eigenvalue weighted by atomic mass is 16.1. The van der Waals surface area contributed by atoms with Crippen molar-refractivity contribution < 1.29 is 4.79 Å². The lowest BCUT2D eigenvalue weighted by atomic mass is 9.58. The third kappa shape index (κ3) is 1.22. The minimum Gasteiger partial charge on any atom is -0.369 e. The van der Waals surface area contributed by atoms with Gasteiger partial charge in [-0.15, -0.1) is 0 Å². The van der Waals surface area contributed by atoms with E-state index < -0.39 is 0 Å². The minimum absolute atomic E-state index is 0.197. The van der Waals surface area contributed by atoms with Crippen LogP contribution in [0.3, 0.4) is 0 Å². The van der Waals surface area contributed by atoms with Crippen LogP contribution in [0.4, 0.5) is 0 Å². The third-order valence-electron chi connectivity index (χ3n) is 3.06. The van der Waals surface area contributed by atoms with Crippen molar-refractivity contribution in [1.29, 1.82) is 0 Å². The maximum Gasteiger partial charge on any atom is 0.231 e. The summed E-state index contributed by atoms with van der Waals surface area (Å²) in [6.07, 6.45) is 2.70. The van der Waals surface area contributed by atoms with Crippen molar-refractivity contribution in [3.8, 4) is 0 Å². The first-order valence-electron chi connectivity index (χ1n) is 4.60. The minimum atomic E-state index is -0.197. The Hall–Kier alpha value is -0.570. The molecule has 0 aromatic rings. The molecule has 1 amide bonds. The average Bonchev–Trinajstić information content (AvgIpc) is 1.78. The number of likely N-dealkylation sites (tertiary alicyclic amines) is 1. The predicted molar refractivity (Wildman–Crippen MR) is 46.5 cm³/mol. The molecule has 1 saturated carbocycles. The number of hydrogen-bond donors (Lipinski definition) is 1. The highest BCUT2D eigenvalue weighted by Gasteiger charge is 2.50. The quantitative estimate of drug-likeness (QED) is 0.640. The number of nitrogens with zero attached hydrogens (tertiary/aromatic N) is 1. The molecule has 1 heterocycles. The van der Waals surface area contributed by atoms with Crippen molar-refractivity contribution >= 4 is 5.91 Å². The van der Waals surface area contributed by atoms with Gasteiger partial charge in [-0.25, -0.2) is 0 Å². The zero-order valence-electron chi connectivity index (χ0n) is 7.55. The molecule has 0 unspecified atom stereocenters. The number of carbonyl (C=O) groups excluding carboxylic acids is 1. The van der Waals surface area contributed by atoms with Crippen molar-refractivity contribution in [2.24, 2.45) is 17.1 Å². The second-order valence-electron chi connectivity index (χ2n) is 4.62. The van der Waals surface area contributed by atoms with Crippen LogP contribution in [0.1, 0.15) is 19.8 Å². The van der Waals surface area contributed by atoms with Crippen LogP contribution in [0.25, 0.3) is 0 Å². The molecule has 0 aromatic heterocycles. The summed E-state index contributed by atoms with van der Waals surface area (Å²) in [6.45, 7) is 4.94. The van der Waals surface area contributed by atoms with Gasteiger partial charge in [0.2, 0.25) is 5.91 Å². The molecule has 68 valence electrons. The molecule has 1 spiro atoms. The van der Waals surface area contributed by atoms with Crippen LogP contribution in [-0.2, 0) is 4.79 Å². The Morgan fingerprint density at radius 3 is 2.58 bits per heavy atom. The summed E-state index contributed by atoms with van der Waals surface area (Å²) in [5.74, 6) is 0.706. The summed E-state index contributed by atoms with van der Waals surface area (Å²) in [6, 6.07) is 0.